The number of hydrogen-bond acceptors (Lipinski definition) is 5. The Kier molecular flexibility index (Phi) is 7.37. The van der Waals surface area contributed by atoms with Crippen LogP contribution in [-0.2, 0) is 16.0 Å². The summed E-state index contributed by atoms with van der Waals surface area (Å²) in [5.41, 5.74) is 1.41. The summed E-state index contributed by atoms with van der Waals surface area (Å²) in [6, 6.07) is 12.7. The molecule has 0 aromatic heterocycles. The topological polar surface area (TPSA) is 91.7 Å². The van der Waals surface area contributed by atoms with Crippen molar-refractivity contribution in [3.8, 4) is 17.6 Å². The average molecular weight is 442 g/mol. The summed E-state index contributed by atoms with van der Waals surface area (Å²) in [5, 5.41) is 13.0. The first-order valence-electron chi connectivity index (χ1n) is 9.92. The molecule has 0 bridgehead atoms. The van der Waals surface area contributed by atoms with E-state index in [0.29, 0.717) is 35.1 Å². The molecule has 0 aliphatic carbocycles. The van der Waals surface area contributed by atoms with E-state index in [1.807, 2.05) is 0 Å². The predicted molar refractivity (Wildman–Crippen MR) is 116 cm³/mol. The van der Waals surface area contributed by atoms with E-state index in [0.717, 1.165) is 12.0 Å². The highest BCUT2D eigenvalue weighted by Gasteiger charge is 2.35. The van der Waals surface area contributed by atoms with Crippen molar-refractivity contribution in [1.29, 1.82) is 5.26 Å². The number of ether oxygens (including phenoxy) is 2. The number of nitriles is 1. The SMILES string of the molecule is COc1ccc(C(C#N)NC(=O)[C@@H]2CCCN2C(=O)Cc2ccc(Cl)cc2)cc1OC. The summed E-state index contributed by atoms with van der Waals surface area (Å²) < 4.78 is 10.5. The van der Waals surface area contributed by atoms with E-state index in [1.165, 1.54) is 14.2 Å². The maximum Gasteiger partial charge on any atom is 0.244 e. The molecule has 0 spiro atoms. The second-order valence-electron chi connectivity index (χ2n) is 7.23. The summed E-state index contributed by atoms with van der Waals surface area (Å²) in [5.74, 6) is 0.530. The van der Waals surface area contributed by atoms with Crippen molar-refractivity contribution in [2.45, 2.75) is 31.3 Å². The molecule has 1 saturated heterocycles. The van der Waals surface area contributed by atoms with E-state index in [9.17, 15) is 14.9 Å². The molecule has 1 heterocycles. The lowest BCUT2D eigenvalue weighted by atomic mass is 10.1. The van der Waals surface area contributed by atoms with E-state index >= 15 is 0 Å². The maximum absolute atomic E-state index is 12.9. The third-order valence-corrected chi connectivity index (χ3v) is 5.55. The Bertz CT molecular complexity index is 987. The number of likely N-dealkylation sites (tertiary alicyclic amines) is 1. The van der Waals surface area contributed by atoms with Crippen LogP contribution in [0.5, 0.6) is 11.5 Å². The highest BCUT2D eigenvalue weighted by atomic mass is 35.5. The molecule has 1 aliphatic rings. The minimum atomic E-state index is -0.874. The molecular weight excluding hydrogens is 418 g/mol. The number of methoxy groups -OCH3 is 2. The zero-order valence-corrected chi connectivity index (χ0v) is 18.2. The molecule has 0 saturated carbocycles. The van der Waals surface area contributed by atoms with Crippen molar-refractivity contribution < 1.29 is 19.1 Å². The summed E-state index contributed by atoms with van der Waals surface area (Å²) in [6.45, 7) is 0.512. The van der Waals surface area contributed by atoms with Gasteiger partial charge in [0.05, 0.1) is 26.7 Å². The Morgan fingerprint density at radius 1 is 1.19 bits per heavy atom. The molecule has 1 aliphatic heterocycles. The lowest BCUT2D eigenvalue weighted by molar-refractivity contribution is -0.138. The minimum absolute atomic E-state index is 0.125. The number of carbonyl (C=O) groups excluding carboxylic acids is 2. The molecule has 1 unspecified atom stereocenters. The molecule has 2 aromatic carbocycles. The normalized spacial score (nSPS) is 16.3. The highest BCUT2D eigenvalue weighted by molar-refractivity contribution is 6.30. The van der Waals surface area contributed by atoms with E-state index in [2.05, 4.69) is 11.4 Å². The fourth-order valence-electron chi connectivity index (χ4n) is 3.68. The highest BCUT2D eigenvalue weighted by Crippen LogP contribution is 2.30. The number of carbonyl (C=O) groups is 2. The fourth-order valence-corrected chi connectivity index (χ4v) is 3.80. The van der Waals surface area contributed by atoms with E-state index in [1.54, 1.807) is 47.4 Å². The van der Waals surface area contributed by atoms with Gasteiger partial charge < -0.3 is 19.7 Å². The molecule has 162 valence electrons. The van der Waals surface area contributed by atoms with E-state index in [4.69, 9.17) is 21.1 Å². The van der Waals surface area contributed by atoms with Gasteiger partial charge >= 0.3 is 0 Å². The van der Waals surface area contributed by atoms with Gasteiger partial charge in [0.15, 0.2) is 11.5 Å². The van der Waals surface area contributed by atoms with Crippen LogP contribution in [0.25, 0.3) is 0 Å². The number of rotatable bonds is 7. The van der Waals surface area contributed by atoms with E-state index in [-0.39, 0.29) is 18.2 Å². The molecule has 2 amide bonds. The molecule has 0 radical (unpaired) electrons. The third kappa shape index (κ3) is 5.28. The molecular formula is C23H24ClN3O4. The zero-order valence-electron chi connectivity index (χ0n) is 17.4. The van der Waals surface area contributed by atoms with Crippen molar-refractivity contribution in [2.75, 3.05) is 20.8 Å². The van der Waals surface area contributed by atoms with Crippen molar-refractivity contribution >= 4 is 23.4 Å². The Balaban J connectivity index is 1.69. The second-order valence-corrected chi connectivity index (χ2v) is 7.67. The van der Waals surface area contributed by atoms with Gasteiger partial charge in [0.25, 0.3) is 0 Å². The quantitative estimate of drug-likeness (QED) is 0.712. The molecule has 3 rings (SSSR count). The number of halogens is 1. The van der Waals surface area contributed by atoms with Gasteiger partial charge in [-0.3, -0.25) is 9.59 Å². The van der Waals surface area contributed by atoms with Crippen LogP contribution in [-0.4, -0.2) is 43.5 Å². The van der Waals surface area contributed by atoms with Gasteiger partial charge in [-0.2, -0.15) is 5.26 Å². The lowest BCUT2D eigenvalue weighted by Gasteiger charge is -2.25. The van der Waals surface area contributed by atoms with Crippen LogP contribution in [0.3, 0.4) is 0 Å². The molecule has 1 fully saturated rings. The summed E-state index contributed by atoms with van der Waals surface area (Å²) in [7, 11) is 3.03. The Morgan fingerprint density at radius 2 is 1.90 bits per heavy atom. The number of nitrogens with zero attached hydrogens (tertiary/aromatic N) is 2. The maximum atomic E-state index is 12.9. The van der Waals surface area contributed by atoms with Crippen LogP contribution >= 0.6 is 11.6 Å². The Morgan fingerprint density at radius 3 is 2.55 bits per heavy atom. The van der Waals surface area contributed by atoms with Crippen molar-refractivity contribution in [3.63, 3.8) is 0 Å². The summed E-state index contributed by atoms with van der Waals surface area (Å²) >= 11 is 5.90. The van der Waals surface area contributed by atoms with Crippen molar-refractivity contribution in [3.05, 3.63) is 58.6 Å². The minimum Gasteiger partial charge on any atom is -0.493 e. The van der Waals surface area contributed by atoms with Gasteiger partial charge in [0, 0.05) is 11.6 Å². The van der Waals surface area contributed by atoms with Gasteiger partial charge in [0.1, 0.15) is 12.1 Å². The first-order valence-corrected chi connectivity index (χ1v) is 10.3. The standard InChI is InChI=1S/C23H24ClN3O4/c1-30-20-10-7-16(13-21(20)31-2)18(14-25)26-23(29)19-4-3-11-27(19)22(28)12-15-5-8-17(24)9-6-15/h5-10,13,18-19H,3-4,11-12H2,1-2H3,(H,26,29)/t18?,19-/m0/s1. The van der Waals surface area contributed by atoms with Crippen LogP contribution < -0.4 is 14.8 Å². The lowest BCUT2D eigenvalue weighted by Crippen LogP contribution is -2.47. The first-order chi connectivity index (χ1) is 15.0. The summed E-state index contributed by atoms with van der Waals surface area (Å²) in [4.78, 5) is 27.3. The van der Waals surface area contributed by atoms with Gasteiger partial charge in [-0.05, 0) is 48.2 Å². The number of benzene rings is 2. The molecule has 7 nitrogen and oxygen atoms in total. The first kappa shape index (κ1) is 22.4. The Hall–Kier alpha value is -3.24. The second kappa shape index (κ2) is 10.2. The largest absolute Gasteiger partial charge is 0.493 e. The molecule has 8 heteroatoms. The molecule has 31 heavy (non-hydrogen) atoms. The molecule has 2 aromatic rings. The van der Waals surface area contributed by atoms with Crippen LogP contribution in [0, 0.1) is 11.3 Å². The smallest absolute Gasteiger partial charge is 0.244 e. The van der Waals surface area contributed by atoms with Crippen LogP contribution in [0.4, 0.5) is 0 Å². The van der Waals surface area contributed by atoms with Gasteiger partial charge in [-0.1, -0.05) is 29.8 Å². The Labute approximate surface area is 186 Å². The molecule has 2 atom stereocenters. The van der Waals surface area contributed by atoms with Crippen LogP contribution in [0.1, 0.15) is 30.0 Å². The van der Waals surface area contributed by atoms with Gasteiger partial charge in [0.2, 0.25) is 11.8 Å². The van der Waals surface area contributed by atoms with Crippen molar-refractivity contribution in [1.82, 2.24) is 10.2 Å². The summed E-state index contributed by atoms with van der Waals surface area (Å²) in [6.07, 6.45) is 1.48. The van der Waals surface area contributed by atoms with Crippen LogP contribution in [0.2, 0.25) is 5.02 Å². The number of hydrogen-bond donors (Lipinski definition) is 1. The predicted octanol–water partition coefficient (Wildman–Crippen LogP) is 3.27. The fraction of sp³-hybridized carbons (Fsp3) is 0.348. The average Bonchev–Trinajstić information content (AvgIpc) is 3.28. The van der Waals surface area contributed by atoms with Crippen molar-refractivity contribution in [2.24, 2.45) is 0 Å². The van der Waals surface area contributed by atoms with E-state index < -0.39 is 12.1 Å². The number of nitrogens with one attached hydrogen (secondary N) is 1. The van der Waals surface area contributed by atoms with Gasteiger partial charge in [-0.25, -0.2) is 0 Å². The zero-order chi connectivity index (χ0) is 22.4. The monoisotopic (exact) mass is 441 g/mol. The van der Waals surface area contributed by atoms with Crippen LogP contribution in [0.15, 0.2) is 42.5 Å². The third-order valence-electron chi connectivity index (χ3n) is 5.30. The van der Waals surface area contributed by atoms with Gasteiger partial charge in [-0.15, -0.1) is 0 Å². The molecule has 1 N–H and O–H groups in total. The number of amides is 2.